The predicted octanol–water partition coefficient (Wildman–Crippen LogP) is 2.94. The van der Waals surface area contributed by atoms with Crippen LogP contribution >= 0.6 is 0 Å². The lowest BCUT2D eigenvalue weighted by molar-refractivity contribution is 0.217. The van der Waals surface area contributed by atoms with Crippen molar-refractivity contribution in [1.82, 2.24) is 19.7 Å². The van der Waals surface area contributed by atoms with Gasteiger partial charge in [-0.1, -0.05) is 19.3 Å². The zero-order valence-electron chi connectivity index (χ0n) is 17.7. The zero-order valence-corrected chi connectivity index (χ0v) is 17.7. The van der Waals surface area contributed by atoms with E-state index >= 15 is 0 Å². The van der Waals surface area contributed by atoms with Crippen molar-refractivity contribution in [2.45, 2.75) is 76.8 Å². The molecule has 1 aromatic heterocycles. The quantitative estimate of drug-likeness (QED) is 0.787. The molecule has 1 aromatic rings. The van der Waals surface area contributed by atoms with Gasteiger partial charge in [-0.05, 0) is 65.5 Å². The molecule has 0 atom stereocenters. The molecule has 2 aliphatic carbocycles. The van der Waals surface area contributed by atoms with Crippen molar-refractivity contribution in [1.29, 1.82) is 5.26 Å². The second-order valence-corrected chi connectivity index (χ2v) is 8.86. The number of nitriles is 1. The maximum Gasteiger partial charge on any atom is 0.281 e. The minimum Gasteiger partial charge on any atom is -0.306 e. The van der Waals surface area contributed by atoms with Gasteiger partial charge in [0.1, 0.15) is 23.2 Å². The summed E-state index contributed by atoms with van der Waals surface area (Å²) in [4.78, 5) is 20.4. The number of hydrogen-bond acceptors (Lipinski definition) is 6. The summed E-state index contributed by atoms with van der Waals surface area (Å²) < 4.78 is 1.57. The minimum absolute atomic E-state index is 0.186. The summed E-state index contributed by atoms with van der Waals surface area (Å²) in [7, 11) is 4.27. The predicted molar refractivity (Wildman–Crippen MR) is 113 cm³/mol. The fraction of sp³-hybridized carbons (Fsp3) is 0.682. The van der Waals surface area contributed by atoms with E-state index in [9.17, 15) is 10.1 Å². The molecule has 7 heteroatoms. The Labute approximate surface area is 172 Å². The van der Waals surface area contributed by atoms with Gasteiger partial charge in [0.15, 0.2) is 5.82 Å². The van der Waals surface area contributed by atoms with E-state index in [0.29, 0.717) is 29.0 Å². The number of aliphatic imine (C=N–C) groups is 1. The molecule has 7 nitrogen and oxygen atoms in total. The molecule has 2 saturated carbocycles. The van der Waals surface area contributed by atoms with E-state index in [2.05, 4.69) is 35.3 Å². The van der Waals surface area contributed by atoms with E-state index in [0.717, 1.165) is 56.9 Å². The summed E-state index contributed by atoms with van der Waals surface area (Å²) in [5.74, 6) is 1.33. The van der Waals surface area contributed by atoms with E-state index in [1.54, 1.807) is 11.5 Å². The summed E-state index contributed by atoms with van der Waals surface area (Å²) >= 11 is 0. The van der Waals surface area contributed by atoms with Crippen molar-refractivity contribution in [3.05, 3.63) is 27.4 Å². The molecular weight excluding hydrogens is 364 g/mol. The van der Waals surface area contributed by atoms with E-state index in [4.69, 9.17) is 4.99 Å². The molecule has 0 unspecified atom stereocenters. The first kappa shape index (κ1) is 20.0. The standard InChI is InChI=1S/C22H30N6O/c1-14-22(29)28-20(26-25-14)18(13-23)19(15-7-5-4-6-8-15)21(28)24-16-9-11-17(12-10-16)27(2)3/h15-17H,4-12H2,1-3H3. The van der Waals surface area contributed by atoms with Crippen LogP contribution in [0.5, 0.6) is 0 Å². The van der Waals surface area contributed by atoms with Crippen molar-refractivity contribution in [2.75, 3.05) is 14.1 Å². The maximum atomic E-state index is 13.0. The normalized spacial score (nSPS) is 26.8. The Bertz CT molecular complexity index is 937. The number of fused-ring (bicyclic) bond motifs is 1. The van der Waals surface area contributed by atoms with Gasteiger partial charge in [-0.25, -0.2) is 4.57 Å². The van der Waals surface area contributed by atoms with E-state index in [1.165, 1.54) is 6.42 Å². The number of aromatic nitrogens is 3. The van der Waals surface area contributed by atoms with Crippen LogP contribution in [0.4, 0.5) is 0 Å². The summed E-state index contributed by atoms with van der Waals surface area (Å²) in [5.41, 5.74) is 1.59. The Morgan fingerprint density at radius 3 is 2.38 bits per heavy atom. The molecule has 2 fully saturated rings. The van der Waals surface area contributed by atoms with Crippen LogP contribution in [0.3, 0.4) is 0 Å². The fourth-order valence-corrected chi connectivity index (χ4v) is 5.07. The SMILES string of the molecule is Cc1nnc2n(c1=O)C(=NC1CCC(N(C)C)CC1)C(C1CCCCC1)=C2C#N. The highest BCUT2D eigenvalue weighted by molar-refractivity contribution is 6.13. The molecule has 0 saturated heterocycles. The van der Waals surface area contributed by atoms with Crippen LogP contribution in [0.2, 0.25) is 0 Å². The fourth-order valence-electron chi connectivity index (χ4n) is 5.07. The molecular formula is C22H30N6O. The van der Waals surface area contributed by atoms with Crippen molar-refractivity contribution < 1.29 is 0 Å². The van der Waals surface area contributed by atoms with Gasteiger partial charge in [-0.2, -0.15) is 5.26 Å². The average molecular weight is 395 g/mol. The monoisotopic (exact) mass is 394 g/mol. The van der Waals surface area contributed by atoms with Crippen LogP contribution in [0, 0.1) is 24.2 Å². The van der Waals surface area contributed by atoms with Crippen molar-refractivity contribution >= 4 is 11.4 Å². The van der Waals surface area contributed by atoms with Crippen molar-refractivity contribution in [3.63, 3.8) is 0 Å². The summed E-state index contributed by atoms with van der Waals surface area (Å²) in [6.45, 7) is 1.67. The Kier molecular flexibility index (Phi) is 5.64. The zero-order chi connectivity index (χ0) is 20.5. The van der Waals surface area contributed by atoms with E-state index < -0.39 is 0 Å². The molecule has 29 heavy (non-hydrogen) atoms. The maximum absolute atomic E-state index is 13.0. The van der Waals surface area contributed by atoms with Crippen LogP contribution in [-0.2, 0) is 0 Å². The second kappa shape index (κ2) is 8.19. The topological polar surface area (TPSA) is 87.2 Å². The second-order valence-electron chi connectivity index (χ2n) is 8.86. The summed E-state index contributed by atoms with van der Waals surface area (Å²) in [6, 6.07) is 3.12. The summed E-state index contributed by atoms with van der Waals surface area (Å²) in [5, 5.41) is 18.2. The van der Waals surface area contributed by atoms with Gasteiger partial charge >= 0.3 is 0 Å². The highest BCUT2D eigenvalue weighted by atomic mass is 16.1. The van der Waals surface area contributed by atoms with Gasteiger partial charge in [0, 0.05) is 11.6 Å². The van der Waals surface area contributed by atoms with Crippen LogP contribution in [0.15, 0.2) is 15.4 Å². The Morgan fingerprint density at radius 2 is 1.76 bits per heavy atom. The number of nitrogens with zero attached hydrogens (tertiary/aromatic N) is 6. The van der Waals surface area contributed by atoms with Gasteiger partial charge in [-0.15, -0.1) is 10.2 Å². The van der Waals surface area contributed by atoms with Crippen LogP contribution in [-0.4, -0.2) is 51.7 Å². The van der Waals surface area contributed by atoms with E-state index in [-0.39, 0.29) is 17.5 Å². The molecule has 2 heterocycles. The lowest BCUT2D eigenvalue weighted by Gasteiger charge is -2.31. The lowest BCUT2D eigenvalue weighted by atomic mass is 9.82. The first-order valence-electron chi connectivity index (χ1n) is 10.9. The first-order valence-corrected chi connectivity index (χ1v) is 10.9. The first-order chi connectivity index (χ1) is 14.0. The molecule has 0 radical (unpaired) electrons. The molecule has 154 valence electrons. The number of aryl methyl sites for hydroxylation is 1. The number of allylic oxidation sites excluding steroid dienone is 2. The third kappa shape index (κ3) is 3.66. The molecule has 0 aromatic carbocycles. The third-order valence-electron chi connectivity index (χ3n) is 6.79. The Morgan fingerprint density at radius 1 is 1.07 bits per heavy atom. The number of rotatable bonds is 3. The van der Waals surface area contributed by atoms with Gasteiger partial charge in [0.2, 0.25) is 0 Å². The number of hydrogen-bond donors (Lipinski definition) is 0. The van der Waals surface area contributed by atoms with Gasteiger partial charge in [-0.3, -0.25) is 9.79 Å². The smallest absolute Gasteiger partial charge is 0.281 e. The van der Waals surface area contributed by atoms with Gasteiger partial charge in [0.05, 0.1) is 6.04 Å². The molecule has 4 rings (SSSR count). The highest BCUT2D eigenvalue weighted by Crippen LogP contribution is 2.38. The van der Waals surface area contributed by atoms with Crippen LogP contribution in [0.25, 0.3) is 5.57 Å². The molecule has 1 aliphatic heterocycles. The molecule has 3 aliphatic rings. The Hall–Kier alpha value is -2.33. The van der Waals surface area contributed by atoms with Crippen molar-refractivity contribution in [2.24, 2.45) is 10.9 Å². The van der Waals surface area contributed by atoms with Crippen LogP contribution < -0.4 is 5.56 Å². The average Bonchev–Trinajstić information content (AvgIpc) is 3.05. The molecule has 0 N–H and O–H groups in total. The van der Waals surface area contributed by atoms with Gasteiger partial charge < -0.3 is 4.90 Å². The van der Waals surface area contributed by atoms with Crippen molar-refractivity contribution in [3.8, 4) is 6.07 Å². The molecule has 0 bridgehead atoms. The van der Waals surface area contributed by atoms with Crippen LogP contribution in [0.1, 0.15) is 69.3 Å². The molecule has 0 spiro atoms. The Balaban J connectivity index is 1.77. The molecule has 0 amide bonds. The highest BCUT2D eigenvalue weighted by Gasteiger charge is 2.37. The summed E-state index contributed by atoms with van der Waals surface area (Å²) in [6.07, 6.45) is 9.87. The lowest BCUT2D eigenvalue weighted by Crippen LogP contribution is -2.35. The third-order valence-corrected chi connectivity index (χ3v) is 6.79. The van der Waals surface area contributed by atoms with Gasteiger partial charge in [0.25, 0.3) is 5.56 Å². The minimum atomic E-state index is -0.200. The largest absolute Gasteiger partial charge is 0.306 e. The van der Waals surface area contributed by atoms with E-state index in [1.807, 2.05) is 0 Å².